The Bertz CT molecular complexity index is 312. The molecule has 0 radical (unpaired) electrons. The first-order valence-electron chi connectivity index (χ1n) is 3.98. The molecule has 0 aliphatic carbocycles. The lowest BCUT2D eigenvalue weighted by Crippen LogP contribution is -2.12. The summed E-state index contributed by atoms with van der Waals surface area (Å²) in [5.41, 5.74) is 1.07. The van der Waals surface area contributed by atoms with Crippen LogP contribution in [0, 0.1) is 0 Å². The summed E-state index contributed by atoms with van der Waals surface area (Å²) in [5, 5.41) is 0.709. The molecular formula is C10H10BrClO. The Morgan fingerprint density at radius 1 is 1.62 bits per heavy atom. The Morgan fingerprint density at radius 2 is 2.31 bits per heavy atom. The molecule has 0 heterocycles. The predicted octanol–water partition coefficient (Wildman–Crippen LogP) is 3.24. The number of alkyl halides is 1. The molecule has 0 aliphatic heterocycles. The van der Waals surface area contributed by atoms with Gasteiger partial charge in [0.2, 0.25) is 0 Å². The molecule has 0 amide bonds. The summed E-state index contributed by atoms with van der Waals surface area (Å²) in [6.07, 6.45) is 0.690. The molecule has 0 bridgehead atoms. The molecule has 0 fully saturated rings. The number of carbonyl (C=O) groups excluding carboxylic acids is 1. The monoisotopic (exact) mass is 260 g/mol. The van der Waals surface area contributed by atoms with Gasteiger partial charge in [0.1, 0.15) is 5.78 Å². The zero-order valence-corrected chi connectivity index (χ0v) is 9.60. The van der Waals surface area contributed by atoms with Crippen molar-refractivity contribution in [2.75, 3.05) is 0 Å². The van der Waals surface area contributed by atoms with E-state index in [2.05, 4.69) is 15.9 Å². The van der Waals surface area contributed by atoms with Gasteiger partial charge in [0.05, 0.1) is 4.83 Å². The van der Waals surface area contributed by atoms with Crippen molar-refractivity contribution < 1.29 is 4.79 Å². The molecular weight excluding hydrogens is 251 g/mol. The fourth-order valence-corrected chi connectivity index (χ4v) is 1.60. The van der Waals surface area contributed by atoms with Crippen molar-refractivity contribution in [2.24, 2.45) is 0 Å². The molecule has 0 saturated carbocycles. The maximum atomic E-state index is 11.0. The molecule has 1 atom stereocenters. The number of Topliss-reactive ketones (excluding diaryl/α,β-unsaturated/α-hetero) is 1. The summed E-state index contributed by atoms with van der Waals surface area (Å²) < 4.78 is 0. The molecule has 1 nitrogen and oxygen atoms in total. The van der Waals surface area contributed by atoms with E-state index >= 15 is 0 Å². The molecule has 0 aromatic heterocycles. The van der Waals surface area contributed by atoms with Gasteiger partial charge in [-0.1, -0.05) is 39.7 Å². The largest absolute Gasteiger partial charge is 0.299 e. The second kappa shape index (κ2) is 4.77. The van der Waals surface area contributed by atoms with Crippen molar-refractivity contribution in [3.05, 3.63) is 34.9 Å². The molecule has 0 N–H and O–H groups in total. The highest BCUT2D eigenvalue weighted by Crippen LogP contribution is 2.15. The number of rotatable bonds is 3. The van der Waals surface area contributed by atoms with E-state index in [9.17, 15) is 4.79 Å². The van der Waals surface area contributed by atoms with Crippen LogP contribution in [0.3, 0.4) is 0 Å². The van der Waals surface area contributed by atoms with E-state index < -0.39 is 0 Å². The van der Waals surface area contributed by atoms with Gasteiger partial charge in [-0.05, 0) is 31.0 Å². The maximum absolute atomic E-state index is 11.0. The van der Waals surface area contributed by atoms with Crippen LogP contribution >= 0.6 is 27.5 Å². The molecule has 1 aromatic rings. The van der Waals surface area contributed by atoms with Crippen molar-refractivity contribution >= 4 is 33.3 Å². The molecule has 70 valence electrons. The van der Waals surface area contributed by atoms with Crippen LogP contribution in [0.15, 0.2) is 24.3 Å². The summed E-state index contributed by atoms with van der Waals surface area (Å²) >= 11 is 9.12. The Labute approximate surface area is 91.2 Å². The lowest BCUT2D eigenvalue weighted by atomic mass is 10.1. The van der Waals surface area contributed by atoms with Gasteiger partial charge in [0.25, 0.3) is 0 Å². The van der Waals surface area contributed by atoms with Gasteiger partial charge in [0, 0.05) is 5.02 Å². The number of hydrogen-bond acceptors (Lipinski definition) is 1. The van der Waals surface area contributed by atoms with Gasteiger partial charge < -0.3 is 0 Å². The standard InChI is InChI=1S/C10H10BrClO/c1-7(13)10(11)6-8-3-2-4-9(12)5-8/h2-5,10H,6H2,1H3/t10-/m0/s1. The third kappa shape index (κ3) is 3.49. The Balaban J connectivity index is 2.69. The number of benzene rings is 1. The number of ketones is 1. The number of hydrogen-bond donors (Lipinski definition) is 0. The Morgan fingerprint density at radius 3 is 2.85 bits per heavy atom. The third-order valence-corrected chi connectivity index (χ3v) is 2.95. The smallest absolute Gasteiger partial charge is 0.143 e. The van der Waals surface area contributed by atoms with Gasteiger partial charge in [-0.15, -0.1) is 0 Å². The van der Waals surface area contributed by atoms with E-state index in [1.807, 2.05) is 24.3 Å². The lowest BCUT2D eigenvalue weighted by Gasteiger charge is -2.05. The average Bonchev–Trinajstić information content (AvgIpc) is 2.04. The Kier molecular flexibility index (Phi) is 3.94. The van der Waals surface area contributed by atoms with Crippen molar-refractivity contribution in [3.63, 3.8) is 0 Å². The highest BCUT2D eigenvalue weighted by Gasteiger charge is 2.10. The molecule has 13 heavy (non-hydrogen) atoms. The van der Waals surface area contributed by atoms with Gasteiger partial charge in [-0.25, -0.2) is 0 Å². The number of halogens is 2. The average molecular weight is 262 g/mol. The molecule has 1 rings (SSSR count). The van der Waals surface area contributed by atoms with Crippen LogP contribution in [-0.2, 0) is 11.2 Å². The van der Waals surface area contributed by atoms with E-state index in [4.69, 9.17) is 11.6 Å². The van der Waals surface area contributed by atoms with Gasteiger partial charge in [0.15, 0.2) is 0 Å². The summed E-state index contributed by atoms with van der Waals surface area (Å²) in [6.45, 7) is 1.57. The normalized spacial score (nSPS) is 12.5. The highest BCUT2D eigenvalue weighted by molar-refractivity contribution is 9.10. The first kappa shape index (κ1) is 10.7. The van der Waals surface area contributed by atoms with Crippen LogP contribution in [-0.4, -0.2) is 10.6 Å². The van der Waals surface area contributed by atoms with E-state index in [-0.39, 0.29) is 10.6 Å². The van der Waals surface area contributed by atoms with Crippen LogP contribution in [0.1, 0.15) is 12.5 Å². The van der Waals surface area contributed by atoms with Crippen molar-refractivity contribution in [3.8, 4) is 0 Å². The minimum Gasteiger partial charge on any atom is -0.299 e. The fourth-order valence-electron chi connectivity index (χ4n) is 1.01. The minimum absolute atomic E-state index is 0.106. The van der Waals surface area contributed by atoms with Crippen molar-refractivity contribution in [1.29, 1.82) is 0 Å². The zero-order chi connectivity index (χ0) is 9.84. The topological polar surface area (TPSA) is 17.1 Å². The highest BCUT2D eigenvalue weighted by atomic mass is 79.9. The van der Waals surface area contributed by atoms with E-state index in [0.717, 1.165) is 5.56 Å². The maximum Gasteiger partial charge on any atom is 0.143 e. The number of carbonyl (C=O) groups is 1. The molecule has 0 saturated heterocycles. The summed E-state index contributed by atoms with van der Waals surface area (Å²) in [7, 11) is 0. The summed E-state index contributed by atoms with van der Waals surface area (Å²) in [5.74, 6) is 0.139. The Hall–Kier alpha value is -0.340. The molecule has 0 spiro atoms. The fraction of sp³-hybridized carbons (Fsp3) is 0.300. The van der Waals surface area contributed by atoms with Crippen LogP contribution in [0.4, 0.5) is 0 Å². The molecule has 0 unspecified atom stereocenters. The first-order valence-corrected chi connectivity index (χ1v) is 5.28. The first-order chi connectivity index (χ1) is 6.09. The van der Waals surface area contributed by atoms with Crippen LogP contribution in [0.5, 0.6) is 0 Å². The van der Waals surface area contributed by atoms with E-state index in [1.54, 1.807) is 6.92 Å². The van der Waals surface area contributed by atoms with Crippen LogP contribution < -0.4 is 0 Å². The SMILES string of the molecule is CC(=O)[C@@H](Br)Cc1cccc(Cl)c1. The predicted molar refractivity (Wildman–Crippen MR) is 58.6 cm³/mol. The van der Waals surface area contributed by atoms with Crippen molar-refractivity contribution in [1.82, 2.24) is 0 Å². The summed E-state index contributed by atoms with van der Waals surface area (Å²) in [4.78, 5) is 10.8. The summed E-state index contributed by atoms with van der Waals surface area (Å²) in [6, 6.07) is 7.54. The van der Waals surface area contributed by atoms with E-state index in [1.165, 1.54) is 0 Å². The third-order valence-electron chi connectivity index (χ3n) is 1.75. The quantitative estimate of drug-likeness (QED) is 0.764. The van der Waals surface area contributed by atoms with E-state index in [0.29, 0.717) is 11.4 Å². The van der Waals surface area contributed by atoms with Gasteiger partial charge in [-0.3, -0.25) is 4.79 Å². The molecule has 1 aromatic carbocycles. The second-order valence-electron chi connectivity index (χ2n) is 2.91. The van der Waals surface area contributed by atoms with Gasteiger partial charge in [-0.2, -0.15) is 0 Å². The second-order valence-corrected chi connectivity index (χ2v) is 4.45. The lowest BCUT2D eigenvalue weighted by molar-refractivity contribution is -0.116. The van der Waals surface area contributed by atoms with Crippen LogP contribution in [0.2, 0.25) is 5.02 Å². The zero-order valence-electron chi connectivity index (χ0n) is 7.26. The minimum atomic E-state index is -0.106. The van der Waals surface area contributed by atoms with Crippen molar-refractivity contribution in [2.45, 2.75) is 18.2 Å². The van der Waals surface area contributed by atoms with Crippen LogP contribution in [0.25, 0.3) is 0 Å². The van der Waals surface area contributed by atoms with Gasteiger partial charge >= 0.3 is 0 Å². The molecule has 0 aliphatic rings. The molecule has 3 heteroatoms.